The van der Waals surface area contributed by atoms with E-state index in [0.717, 1.165) is 6.54 Å². The minimum atomic E-state index is -0.710. The highest BCUT2D eigenvalue weighted by Gasteiger charge is 2.44. The van der Waals surface area contributed by atoms with Gasteiger partial charge in [-0.15, -0.1) is 0 Å². The van der Waals surface area contributed by atoms with Crippen LogP contribution >= 0.6 is 0 Å². The lowest BCUT2D eigenvalue weighted by atomic mass is 9.95. The van der Waals surface area contributed by atoms with Crippen LogP contribution in [0.5, 0.6) is 5.75 Å². The van der Waals surface area contributed by atoms with E-state index in [4.69, 9.17) is 9.15 Å². The molecule has 0 unspecified atom stereocenters. The van der Waals surface area contributed by atoms with Crippen molar-refractivity contribution >= 4 is 11.7 Å². The SMILES string of the molecule is COc1cccc([C@@H]2C(C(=O)c3ccc(C)o3)=C(O)C(=O)N2CCCN(C)C)c1. The second-order valence-corrected chi connectivity index (χ2v) is 7.34. The number of amides is 1. The quantitative estimate of drug-likeness (QED) is 0.688. The van der Waals surface area contributed by atoms with Crippen LogP contribution < -0.4 is 4.74 Å². The Morgan fingerprint density at radius 2 is 2.03 bits per heavy atom. The number of ether oxygens (including phenoxy) is 1. The van der Waals surface area contributed by atoms with Gasteiger partial charge in [-0.1, -0.05) is 12.1 Å². The molecule has 0 saturated carbocycles. The minimum Gasteiger partial charge on any atom is -0.503 e. The van der Waals surface area contributed by atoms with Crippen molar-refractivity contribution in [2.24, 2.45) is 0 Å². The molecule has 1 aromatic heterocycles. The Morgan fingerprint density at radius 3 is 2.66 bits per heavy atom. The molecule has 1 aliphatic rings. The van der Waals surface area contributed by atoms with Gasteiger partial charge in [0.05, 0.1) is 18.7 Å². The molecule has 0 spiro atoms. The van der Waals surface area contributed by atoms with E-state index in [1.807, 2.05) is 25.1 Å². The number of hydrogen-bond donors (Lipinski definition) is 1. The van der Waals surface area contributed by atoms with E-state index in [0.29, 0.717) is 30.0 Å². The van der Waals surface area contributed by atoms with E-state index in [-0.39, 0.29) is 11.3 Å². The summed E-state index contributed by atoms with van der Waals surface area (Å²) in [7, 11) is 5.46. The number of ketones is 1. The molecule has 154 valence electrons. The topological polar surface area (TPSA) is 83.2 Å². The second-order valence-electron chi connectivity index (χ2n) is 7.34. The zero-order chi connectivity index (χ0) is 21.1. The van der Waals surface area contributed by atoms with Crippen molar-refractivity contribution in [2.75, 3.05) is 34.3 Å². The van der Waals surface area contributed by atoms with E-state index in [2.05, 4.69) is 0 Å². The predicted octanol–water partition coefficient (Wildman–Crippen LogP) is 3.13. The van der Waals surface area contributed by atoms with E-state index < -0.39 is 23.5 Å². The number of benzene rings is 1. The molecule has 3 rings (SSSR count). The molecular formula is C22H26N2O5. The molecule has 1 aliphatic heterocycles. The van der Waals surface area contributed by atoms with E-state index >= 15 is 0 Å². The third-order valence-electron chi connectivity index (χ3n) is 4.93. The zero-order valence-electron chi connectivity index (χ0n) is 17.1. The first-order chi connectivity index (χ1) is 13.8. The Labute approximate surface area is 170 Å². The largest absolute Gasteiger partial charge is 0.503 e. The summed E-state index contributed by atoms with van der Waals surface area (Å²) in [6, 6.07) is 9.70. The Hall–Kier alpha value is -3.06. The molecule has 7 heteroatoms. The monoisotopic (exact) mass is 398 g/mol. The maximum Gasteiger partial charge on any atom is 0.290 e. The number of rotatable bonds is 8. The molecule has 7 nitrogen and oxygen atoms in total. The van der Waals surface area contributed by atoms with Gasteiger partial charge in [-0.2, -0.15) is 0 Å². The first kappa shape index (κ1) is 20.7. The number of aryl methyl sites for hydroxylation is 1. The fourth-order valence-corrected chi connectivity index (χ4v) is 3.52. The average molecular weight is 398 g/mol. The van der Waals surface area contributed by atoms with E-state index in [1.54, 1.807) is 44.4 Å². The first-order valence-electron chi connectivity index (χ1n) is 9.47. The number of Topliss-reactive ketones (excluding diaryl/α,β-unsaturated/α-hetero) is 1. The van der Waals surface area contributed by atoms with Gasteiger partial charge in [0.2, 0.25) is 5.78 Å². The number of aliphatic hydroxyl groups is 1. The summed E-state index contributed by atoms with van der Waals surface area (Å²) in [5, 5.41) is 10.6. The maximum absolute atomic E-state index is 13.2. The van der Waals surface area contributed by atoms with Gasteiger partial charge in [0.25, 0.3) is 5.91 Å². The molecule has 0 fully saturated rings. The highest BCUT2D eigenvalue weighted by Crippen LogP contribution is 2.40. The molecule has 1 atom stereocenters. The van der Waals surface area contributed by atoms with Crippen LogP contribution in [0, 0.1) is 6.92 Å². The van der Waals surface area contributed by atoms with Crippen molar-refractivity contribution in [2.45, 2.75) is 19.4 Å². The van der Waals surface area contributed by atoms with Crippen molar-refractivity contribution in [1.82, 2.24) is 9.80 Å². The Balaban J connectivity index is 2.03. The van der Waals surface area contributed by atoms with Gasteiger partial charge >= 0.3 is 0 Å². The van der Waals surface area contributed by atoms with Crippen LogP contribution in [0.25, 0.3) is 0 Å². The van der Waals surface area contributed by atoms with Gasteiger partial charge in [0, 0.05) is 6.54 Å². The summed E-state index contributed by atoms with van der Waals surface area (Å²) in [6.45, 7) is 2.91. The molecule has 29 heavy (non-hydrogen) atoms. The first-order valence-corrected chi connectivity index (χ1v) is 9.47. The summed E-state index contributed by atoms with van der Waals surface area (Å²) in [5.41, 5.74) is 0.723. The van der Waals surface area contributed by atoms with Crippen LogP contribution in [0.1, 0.15) is 34.3 Å². The summed E-state index contributed by atoms with van der Waals surface area (Å²) >= 11 is 0. The molecule has 1 aromatic carbocycles. The third kappa shape index (κ3) is 4.19. The predicted molar refractivity (Wildman–Crippen MR) is 108 cm³/mol. The molecule has 1 amide bonds. The molecular weight excluding hydrogens is 372 g/mol. The highest BCUT2D eigenvalue weighted by atomic mass is 16.5. The smallest absolute Gasteiger partial charge is 0.290 e. The van der Waals surface area contributed by atoms with Crippen molar-refractivity contribution < 1.29 is 23.8 Å². The Bertz CT molecular complexity index is 944. The molecule has 2 heterocycles. The van der Waals surface area contributed by atoms with Crippen LogP contribution in [-0.2, 0) is 4.79 Å². The lowest BCUT2D eigenvalue weighted by Crippen LogP contribution is -2.33. The van der Waals surface area contributed by atoms with Crippen LogP contribution in [0.3, 0.4) is 0 Å². The molecule has 0 aliphatic carbocycles. The number of hydrogen-bond acceptors (Lipinski definition) is 6. The average Bonchev–Trinajstić information content (AvgIpc) is 3.24. The molecule has 0 radical (unpaired) electrons. The molecule has 2 aromatic rings. The summed E-state index contributed by atoms with van der Waals surface area (Å²) in [4.78, 5) is 29.6. The zero-order valence-corrected chi connectivity index (χ0v) is 17.1. The number of nitrogens with zero attached hydrogens (tertiary/aromatic N) is 2. The van der Waals surface area contributed by atoms with Crippen molar-refractivity contribution in [3.05, 3.63) is 64.8 Å². The number of methoxy groups -OCH3 is 1. The van der Waals surface area contributed by atoms with Crippen molar-refractivity contribution in [3.63, 3.8) is 0 Å². The Morgan fingerprint density at radius 1 is 1.28 bits per heavy atom. The van der Waals surface area contributed by atoms with Crippen LogP contribution in [0.15, 0.2) is 52.1 Å². The van der Waals surface area contributed by atoms with Crippen molar-refractivity contribution in [3.8, 4) is 5.75 Å². The summed E-state index contributed by atoms with van der Waals surface area (Å²) in [6.07, 6.45) is 0.702. The van der Waals surface area contributed by atoms with Gasteiger partial charge in [0.15, 0.2) is 11.5 Å². The minimum absolute atomic E-state index is 0.0301. The fraction of sp³-hybridized carbons (Fsp3) is 0.364. The van der Waals surface area contributed by atoms with Crippen LogP contribution in [-0.4, -0.2) is 60.9 Å². The van der Waals surface area contributed by atoms with E-state index in [1.165, 1.54) is 4.90 Å². The van der Waals surface area contributed by atoms with Gasteiger partial charge < -0.3 is 24.1 Å². The molecule has 0 bridgehead atoms. The third-order valence-corrected chi connectivity index (χ3v) is 4.93. The van der Waals surface area contributed by atoms with E-state index in [9.17, 15) is 14.7 Å². The van der Waals surface area contributed by atoms with Gasteiger partial charge in [0.1, 0.15) is 11.5 Å². The second kappa shape index (κ2) is 8.53. The van der Waals surface area contributed by atoms with Gasteiger partial charge in [-0.3, -0.25) is 9.59 Å². The van der Waals surface area contributed by atoms with Crippen molar-refractivity contribution in [1.29, 1.82) is 0 Å². The van der Waals surface area contributed by atoms with Crippen LogP contribution in [0.2, 0.25) is 0 Å². The summed E-state index contributed by atoms with van der Waals surface area (Å²) < 4.78 is 10.8. The maximum atomic E-state index is 13.2. The lowest BCUT2D eigenvalue weighted by molar-refractivity contribution is -0.129. The number of carbonyl (C=O) groups excluding carboxylic acids is 2. The number of aliphatic hydroxyl groups excluding tert-OH is 1. The molecule has 1 N–H and O–H groups in total. The standard InChI is InChI=1S/C22H26N2O5/c1-14-9-10-17(29-14)20(25)18-19(15-7-5-8-16(13-15)28-4)24(22(27)21(18)26)12-6-11-23(2)3/h5,7-10,13,19,26H,6,11-12H2,1-4H3/t19-/m1/s1. The highest BCUT2D eigenvalue weighted by molar-refractivity contribution is 6.15. The van der Waals surface area contributed by atoms with Crippen LogP contribution in [0.4, 0.5) is 0 Å². The van der Waals surface area contributed by atoms with Gasteiger partial charge in [-0.05, 0) is 63.8 Å². The number of carbonyl (C=O) groups is 2. The summed E-state index contributed by atoms with van der Waals surface area (Å²) in [5.74, 6) is -0.287. The fourth-order valence-electron chi connectivity index (χ4n) is 3.52. The Kier molecular flexibility index (Phi) is 6.08. The number of furan rings is 1. The normalized spacial score (nSPS) is 16.8. The molecule has 0 saturated heterocycles. The van der Waals surface area contributed by atoms with Gasteiger partial charge in [-0.25, -0.2) is 0 Å². The lowest BCUT2D eigenvalue weighted by Gasteiger charge is -2.27.